The molecule has 0 saturated carbocycles. The lowest BCUT2D eigenvalue weighted by molar-refractivity contribution is -0.192. The number of carboxylic acid groups (broad SMARTS) is 2. The van der Waals surface area contributed by atoms with Crippen molar-refractivity contribution in [2.24, 2.45) is 40.5 Å². The zero-order valence-corrected chi connectivity index (χ0v) is 55.9. The number of hydrogen-bond donors (Lipinski definition) is 16. The summed E-state index contributed by atoms with van der Waals surface area (Å²) in [6.45, 7) is 7.09. The van der Waals surface area contributed by atoms with Crippen molar-refractivity contribution >= 4 is 82.8 Å². The van der Waals surface area contributed by atoms with Crippen molar-refractivity contribution in [2.75, 3.05) is 32.7 Å². The molecule has 0 unspecified atom stereocenters. The van der Waals surface area contributed by atoms with Gasteiger partial charge >= 0.3 is 18.1 Å². The summed E-state index contributed by atoms with van der Waals surface area (Å²) < 4.78 is 31.7. The normalized spacial score (nSPS) is 16.7. The molecular weight excluding hydrogens is 1310 g/mol. The summed E-state index contributed by atoms with van der Waals surface area (Å²) in [4.78, 5) is 188. The highest BCUT2D eigenvalue weighted by atomic mass is 19.4. The van der Waals surface area contributed by atoms with Crippen LogP contribution in [0.25, 0.3) is 0 Å². The predicted octanol–water partition coefficient (Wildman–Crippen LogP) is -2.18. The highest BCUT2D eigenvalue weighted by molar-refractivity contribution is 6.00. The van der Waals surface area contributed by atoms with Crippen LogP contribution in [0.1, 0.15) is 129 Å². The Balaban J connectivity index is 0.00000344. The van der Waals surface area contributed by atoms with Crippen LogP contribution in [-0.4, -0.2) is 207 Å². The molecule has 4 rings (SSSR count). The minimum Gasteiger partial charge on any atom is -0.508 e. The fourth-order valence-corrected chi connectivity index (χ4v) is 10.9. The number of aromatic hydroxyl groups is 1. The van der Waals surface area contributed by atoms with E-state index in [0.29, 0.717) is 44.1 Å². The number of phenolic OH excluding ortho intramolecular Hbond substituents is 1. The average molecular weight is 1400 g/mol. The number of primary amides is 2. The third kappa shape index (κ3) is 29.6. The number of phenols is 1. The van der Waals surface area contributed by atoms with Gasteiger partial charge in [0.2, 0.25) is 70.9 Å². The highest BCUT2D eigenvalue weighted by Crippen LogP contribution is 2.24. The number of nitrogens with one attached hydrogen (secondary N) is 8. The lowest BCUT2D eigenvalue weighted by Crippen LogP contribution is -2.60. The zero-order valence-electron chi connectivity index (χ0n) is 55.9. The van der Waals surface area contributed by atoms with Gasteiger partial charge in [0.05, 0.1) is 25.4 Å². The number of rotatable bonds is 39. The van der Waals surface area contributed by atoms with Crippen molar-refractivity contribution in [3.8, 4) is 5.75 Å². The maximum atomic E-state index is 14.4. The first kappa shape index (κ1) is 83.7. The van der Waals surface area contributed by atoms with Gasteiger partial charge < -0.3 is 96.3 Å². The predicted molar refractivity (Wildman–Crippen MR) is 350 cm³/mol. The molecule has 0 spiro atoms. The molecule has 99 heavy (non-hydrogen) atoms. The maximum absolute atomic E-state index is 14.4. The molecule has 32 nitrogen and oxygen atoms in total. The summed E-state index contributed by atoms with van der Waals surface area (Å²) in [5, 5.41) is 47.5. The van der Waals surface area contributed by atoms with Crippen molar-refractivity contribution in [3.05, 3.63) is 65.7 Å². The summed E-state index contributed by atoms with van der Waals surface area (Å²) in [5.74, 6) is -14.7. The van der Waals surface area contributed by atoms with Gasteiger partial charge in [-0.1, -0.05) is 70.2 Å². The first-order valence-corrected chi connectivity index (χ1v) is 32.6. The topological polar surface area (TPSA) is 532 Å². The number of unbranched alkanes of at least 4 members (excludes halogenated alkanes) is 2. The number of nitrogens with zero attached hydrogens (tertiary/aromatic N) is 2. The second-order valence-electron chi connectivity index (χ2n) is 25.1. The van der Waals surface area contributed by atoms with E-state index < -0.39 is 169 Å². The molecular formula is C64H96F3N15O17. The highest BCUT2D eigenvalue weighted by Gasteiger charge is 2.42. The number of likely N-dealkylation sites (tertiary alicyclic amines) is 2. The Morgan fingerprint density at radius 1 is 0.525 bits per heavy atom. The van der Waals surface area contributed by atoms with Crippen molar-refractivity contribution in [3.63, 3.8) is 0 Å². The van der Waals surface area contributed by atoms with Crippen molar-refractivity contribution < 1.29 is 95.6 Å². The van der Waals surface area contributed by atoms with Crippen LogP contribution in [0.4, 0.5) is 13.2 Å². The largest absolute Gasteiger partial charge is 0.508 e. The van der Waals surface area contributed by atoms with E-state index >= 15 is 0 Å². The maximum Gasteiger partial charge on any atom is 0.490 e. The van der Waals surface area contributed by atoms with Crippen molar-refractivity contribution in [1.82, 2.24) is 52.3 Å². The minimum atomic E-state index is -5.08. The third-order valence-corrected chi connectivity index (χ3v) is 15.9. The molecule has 0 radical (unpaired) electrons. The van der Waals surface area contributed by atoms with Gasteiger partial charge in [0.1, 0.15) is 60.1 Å². The van der Waals surface area contributed by atoms with Crippen molar-refractivity contribution in [2.45, 2.75) is 197 Å². The van der Waals surface area contributed by atoms with Crippen LogP contribution >= 0.6 is 0 Å². The van der Waals surface area contributed by atoms with E-state index in [-0.39, 0.29) is 95.1 Å². The van der Waals surface area contributed by atoms with Crippen LogP contribution in [0.3, 0.4) is 0 Å². The average Bonchev–Trinajstić information content (AvgIpc) is 1.77. The number of benzene rings is 2. The molecule has 2 aromatic rings. The number of halogens is 3. The summed E-state index contributed by atoms with van der Waals surface area (Å²) >= 11 is 0. The van der Waals surface area contributed by atoms with Crippen LogP contribution in [0.2, 0.25) is 0 Å². The molecule has 0 aromatic heterocycles. The number of carboxylic acids is 2. The Hall–Kier alpha value is -9.51. The lowest BCUT2D eigenvalue weighted by Gasteiger charge is -2.31. The molecule has 2 heterocycles. The van der Waals surface area contributed by atoms with E-state index in [2.05, 4.69) is 42.5 Å². The van der Waals surface area contributed by atoms with Gasteiger partial charge in [-0.3, -0.25) is 57.5 Å². The SMILES string of the molecule is CC(C)C[C@H](NC(=O)[C@@H]1CCCN1C(=O)[C@H](CC(C)C)NC(=O)[C@H](CC(N)=O)NC(=O)[C@@H](N)Cc1ccccc1)C(=O)NCC(=O)N[C@@H](CC(N)=O)C(=O)N[C@@H](Cc1ccc(O)cc1)C(=O)N[C@@H](CCCCN)C(=O)N[C@@H](CCCCN)C(=O)N1CCC[C@H]1C(=O)O.O=C(O)C(F)(F)F. The standard InChI is InChI=1S/C62H95N15O15.C2HF3O2/c1-35(2)28-43(74-59(88)48-18-12-26-76(48)61(90)47(29-36(3)4)75-58(87)46(33-51(67)80)72-53(82)40(65)30-37-14-6-5-7-15-37)54(83)68-34-52(81)69-45(32-50(66)79)57(86)73-44(31-38-20-22-39(78)23-21-38)56(85)70-41(16-8-10-24-63)55(84)71-42(17-9-11-25-64)60(89)77-27-13-19-49(77)62(91)92;3-2(4,5)1(6)7/h5-7,14-15,20-23,35-36,40-49,78H,8-13,16-19,24-34,63-65H2,1-4H3,(H2,66,79)(H2,67,80)(H,68,83)(H,69,81)(H,70,85)(H,71,84)(H,72,82)(H,73,86)(H,74,88)(H,75,87)(H,91,92);(H,6,7)/t40-,41-,42-,43-,44-,45-,46-,47-,48-,49-;/m0./s1. The molecule has 550 valence electrons. The van der Waals surface area contributed by atoms with Crippen LogP contribution in [-0.2, 0) is 80.0 Å². The molecule has 35 heteroatoms. The van der Waals surface area contributed by atoms with Crippen molar-refractivity contribution in [1.29, 1.82) is 0 Å². The van der Waals surface area contributed by atoms with Gasteiger partial charge in [0.15, 0.2) is 0 Å². The van der Waals surface area contributed by atoms with Gasteiger partial charge in [0.25, 0.3) is 0 Å². The molecule has 2 saturated heterocycles. The number of hydrogen-bond acceptors (Lipinski definition) is 18. The van der Waals surface area contributed by atoms with Gasteiger partial charge in [0, 0.05) is 19.5 Å². The first-order valence-electron chi connectivity index (χ1n) is 32.6. The quantitative estimate of drug-likeness (QED) is 0.0316. The van der Waals surface area contributed by atoms with E-state index in [1.165, 1.54) is 34.1 Å². The van der Waals surface area contributed by atoms with Crippen LogP contribution in [0, 0.1) is 11.8 Å². The van der Waals surface area contributed by atoms with Crippen LogP contribution in [0.15, 0.2) is 54.6 Å². The van der Waals surface area contributed by atoms with Gasteiger partial charge in [-0.2, -0.15) is 13.2 Å². The number of alkyl halides is 3. The number of carbonyl (C=O) groups is 14. The van der Waals surface area contributed by atoms with E-state index in [9.17, 15) is 85.7 Å². The Bertz CT molecular complexity index is 3090. The number of nitrogens with two attached hydrogens (primary N) is 5. The smallest absolute Gasteiger partial charge is 0.490 e. The Morgan fingerprint density at radius 2 is 0.960 bits per heavy atom. The Labute approximate surface area is 570 Å². The summed E-state index contributed by atoms with van der Waals surface area (Å²) in [5.41, 5.74) is 29.8. The van der Waals surface area contributed by atoms with Crippen LogP contribution in [0.5, 0.6) is 5.75 Å². The van der Waals surface area contributed by atoms with E-state index in [4.69, 9.17) is 38.6 Å². The molecule has 2 aliphatic heterocycles. The van der Waals surface area contributed by atoms with E-state index in [0.717, 1.165) is 5.56 Å². The summed E-state index contributed by atoms with van der Waals surface area (Å²) in [6.07, 6.45) is -3.61. The Kier molecular flexibility index (Phi) is 35.2. The first-order chi connectivity index (χ1) is 46.6. The third-order valence-electron chi connectivity index (χ3n) is 15.9. The molecule has 0 bridgehead atoms. The molecule has 0 aliphatic carbocycles. The molecule has 21 N–H and O–H groups in total. The Morgan fingerprint density at radius 3 is 1.47 bits per heavy atom. The fraction of sp³-hybridized carbons (Fsp3) is 0.594. The van der Waals surface area contributed by atoms with Gasteiger partial charge in [-0.25, -0.2) is 9.59 Å². The summed E-state index contributed by atoms with van der Waals surface area (Å²) in [6, 6.07) is 1.27. The number of amides is 12. The molecule has 2 aliphatic rings. The van der Waals surface area contributed by atoms with E-state index in [1.54, 1.807) is 58.0 Å². The van der Waals surface area contributed by atoms with Crippen LogP contribution < -0.4 is 71.2 Å². The monoisotopic (exact) mass is 1400 g/mol. The summed E-state index contributed by atoms with van der Waals surface area (Å²) in [7, 11) is 0. The van der Waals surface area contributed by atoms with E-state index in [1.807, 2.05) is 0 Å². The van der Waals surface area contributed by atoms with Gasteiger partial charge in [-0.15, -0.1) is 0 Å². The second kappa shape index (κ2) is 41.7. The van der Waals surface area contributed by atoms with Gasteiger partial charge in [-0.05, 0) is 132 Å². The fourth-order valence-electron chi connectivity index (χ4n) is 10.9. The number of carbonyl (C=O) groups excluding carboxylic acids is 12. The molecule has 2 aromatic carbocycles. The molecule has 10 atom stereocenters. The minimum absolute atomic E-state index is 0.00565. The molecule has 2 fully saturated rings. The second-order valence-corrected chi connectivity index (χ2v) is 25.1. The zero-order chi connectivity index (χ0) is 74.3. The lowest BCUT2D eigenvalue weighted by atomic mass is 10.0. The molecule has 12 amide bonds. The number of aliphatic carboxylic acids is 2.